The molecule has 0 saturated carbocycles. The van der Waals surface area contributed by atoms with Gasteiger partial charge >= 0.3 is 5.97 Å². The van der Waals surface area contributed by atoms with E-state index in [0.717, 1.165) is 0 Å². The molecule has 0 heterocycles. The second kappa shape index (κ2) is 6.46. The lowest BCUT2D eigenvalue weighted by Crippen LogP contribution is -2.17. The first-order valence-electron chi connectivity index (χ1n) is 5.74. The van der Waals surface area contributed by atoms with Gasteiger partial charge in [0.1, 0.15) is 5.78 Å². The Morgan fingerprint density at radius 1 is 1.10 bits per heavy atom. The van der Waals surface area contributed by atoms with Crippen molar-refractivity contribution < 1.29 is 24.3 Å². The van der Waals surface area contributed by atoms with Crippen molar-refractivity contribution in [3.63, 3.8) is 0 Å². The van der Waals surface area contributed by atoms with Crippen LogP contribution in [0.1, 0.15) is 30.6 Å². The lowest BCUT2D eigenvalue weighted by Gasteiger charge is -2.10. The van der Waals surface area contributed by atoms with E-state index in [1.165, 1.54) is 32.0 Å². The summed E-state index contributed by atoms with van der Waals surface area (Å²) in [5.74, 6) is -2.51. The molecule has 0 bridgehead atoms. The Hall–Kier alpha value is -2.70. The van der Waals surface area contributed by atoms with Gasteiger partial charge in [0.2, 0.25) is 11.8 Å². The number of rotatable bonds is 5. The number of hydrogen-bond donors (Lipinski definition) is 3. The molecule has 0 aliphatic heterocycles. The Morgan fingerprint density at radius 2 is 1.75 bits per heavy atom. The van der Waals surface area contributed by atoms with E-state index < -0.39 is 11.9 Å². The predicted octanol–water partition coefficient (Wildman–Crippen LogP) is 1.26. The zero-order chi connectivity index (χ0) is 15.3. The number of benzene rings is 1. The Bertz CT molecular complexity index is 580. The predicted molar refractivity (Wildman–Crippen MR) is 71.6 cm³/mol. The van der Waals surface area contributed by atoms with E-state index in [1.54, 1.807) is 0 Å². The fraction of sp³-hybridized carbons (Fsp3) is 0.231. The van der Waals surface area contributed by atoms with Gasteiger partial charge in [0.15, 0.2) is 0 Å². The summed E-state index contributed by atoms with van der Waals surface area (Å²) in [6.07, 6.45) is -0.327. The van der Waals surface area contributed by atoms with Crippen molar-refractivity contribution in [3.8, 4) is 0 Å². The van der Waals surface area contributed by atoms with Crippen LogP contribution in [0.4, 0.5) is 11.4 Å². The van der Waals surface area contributed by atoms with Crippen LogP contribution in [0.15, 0.2) is 18.2 Å². The van der Waals surface area contributed by atoms with Gasteiger partial charge in [-0.05, 0) is 25.1 Å². The molecule has 2 amide bonds. The van der Waals surface area contributed by atoms with Crippen LogP contribution in [0.3, 0.4) is 0 Å². The number of carboxylic acids is 1. The average molecular weight is 278 g/mol. The van der Waals surface area contributed by atoms with Crippen LogP contribution in [0.5, 0.6) is 0 Å². The third-order valence-corrected chi connectivity index (χ3v) is 2.25. The third-order valence-electron chi connectivity index (χ3n) is 2.25. The van der Waals surface area contributed by atoms with Gasteiger partial charge in [0, 0.05) is 12.6 Å². The number of aromatic carboxylic acids is 1. The molecule has 0 aromatic heterocycles. The smallest absolute Gasteiger partial charge is 0.337 e. The molecule has 0 aliphatic carbocycles. The number of carbonyl (C=O) groups is 4. The van der Waals surface area contributed by atoms with Gasteiger partial charge < -0.3 is 15.7 Å². The first kappa shape index (κ1) is 15.4. The van der Waals surface area contributed by atoms with Gasteiger partial charge in [-0.3, -0.25) is 14.4 Å². The van der Waals surface area contributed by atoms with Crippen LogP contribution in [-0.4, -0.2) is 28.7 Å². The number of anilines is 2. The molecule has 3 N–H and O–H groups in total. The molecular weight excluding hydrogens is 264 g/mol. The van der Waals surface area contributed by atoms with Gasteiger partial charge in [-0.2, -0.15) is 0 Å². The van der Waals surface area contributed by atoms with Gasteiger partial charge in [-0.25, -0.2) is 4.79 Å². The monoisotopic (exact) mass is 278 g/mol. The molecule has 1 aromatic rings. The standard InChI is InChI=1S/C13H14N2O5/c1-7(16)5-12(18)15-11-4-3-9(14-8(2)17)6-10(11)13(19)20/h3-4,6H,5H2,1-2H3,(H,14,17)(H,15,18)(H,19,20). The molecule has 1 rings (SSSR count). The summed E-state index contributed by atoms with van der Waals surface area (Å²) in [5.41, 5.74) is 0.200. The minimum absolute atomic E-state index is 0.0675. The largest absolute Gasteiger partial charge is 0.478 e. The molecule has 7 nitrogen and oxygen atoms in total. The van der Waals surface area contributed by atoms with Gasteiger partial charge in [-0.1, -0.05) is 0 Å². The average Bonchev–Trinajstić information content (AvgIpc) is 2.28. The molecule has 106 valence electrons. The van der Waals surface area contributed by atoms with E-state index >= 15 is 0 Å². The molecular formula is C13H14N2O5. The molecule has 1 aromatic carbocycles. The lowest BCUT2D eigenvalue weighted by molar-refractivity contribution is -0.124. The van der Waals surface area contributed by atoms with E-state index in [9.17, 15) is 19.2 Å². The summed E-state index contributed by atoms with van der Waals surface area (Å²) in [5, 5.41) is 13.9. The van der Waals surface area contributed by atoms with Gasteiger partial charge in [0.25, 0.3) is 0 Å². The van der Waals surface area contributed by atoms with Crippen LogP contribution >= 0.6 is 0 Å². The summed E-state index contributed by atoms with van der Waals surface area (Å²) < 4.78 is 0. The second-order valence-corrected chi connectivity index (χ2v) is 4.17. The highest BCUT2D eigenvalue weighted by atomic mass is 16.4. The van der Waals surface area contributed by atoms with Crippen molar-refractivity contribution in [1.82, 2.24) is 0 Å². The van der Waals surface area contributed by atoms with Crippen LogP contribution in [-0.2, 0) is 14.4 Å². The van der Waals surface area contributed by atoms with Crippen molar-refractivity contribution in [2.45, 2.75) is 20.3 Å². The van der Waals surface area contributed by atoms with E-state index in [2.05, 4.69) is 10.6 Å². The van der Waals surface area contributed by atoms with Gasteiger partial charge in [-0.15, -0.1) is 0 Å². The molecule has 0 spiro atoms. The van der Waals surface area contributed by atoms with Gasteiger partial charge in [0.05, 0.1) is 17.7 Å². The first-order chi connectivity index (χ1) is 9.29. The molecule has 20 heavy (non-hydrogen) atoms. The summed E-state index contributed by atoms with van der Waals surface area (Å²) in [6, 6.07) is 4.04. The Balaban J connectivity index is 3.01. The maximum atomic E-state index is 11.5. The van der Waals surface area contributed by atoms with Crippen molar-refractivity contribution in [2.24, 2.45) is 0 Å². The highest BCUT2D eigenvalue weighted by molar-refractivity contribution is 6.07. The number of carbonyl (C=O) groups excluding carboxylic acids is 3. The summed E-state index contributed by atoms with van der Waals surface area (Å²) in [4.78, 5) is 44.3. The topological polar surface area (TPSA) is 113 Å². The third kappa shape index (κ3) is 4.52. The molecule has 7 heteroatoms. The summed E-state index contributed by atoms with van der Waals surface area (Å²) >= 11 is 0. The molecule has 0 unspecified atom stereocenters. The lowest BCUT2D eigenvalue weighted by atomic mass is 10.1. The molecule has 0 fully saturated rings. The number of amides is 2. The van der Waals surface area contributed by atoms with Crippen LogP contribution in [0, 0.1) is 0 Å². The molecule has 0 aliphatic rings. The zero-order valence-corrected chi connectivity index (χ0v) is 11.0. The molecule has 0 radical (unpaired) electrons. The second-order valence-electron chi connectivity index (χ2n) is 4.17. The number of nitrogens with one attached hydrogen (secondary N) is 2. The van der Waals surface area contributed by atoms with E-state index in [4.69, 9.17) is 5.11 Å². The fourth-order valence-electron chi connectivity index (χ4n) is 1.53. The highest BCUT2D eigenvalue weighted by Gasteiger charge is 2.14. The highest BCUT2D eigenvalue weighted by Crippen LogP contribution is 2.21. The van der Waals surface area contributed by atoms with Crippen molar-refractivity contribution in [1.29, 1.82) is 0 Å². The van der Waals surface area contributed by atoms with Crippen LogP contribution in [0.2, 0.25) is 0 Å². The number of ketones is 1. The SMILES string of the molecule is CC(=O)CC(=O)Nc1ccc(NC(C)=O)cc1C(=O)O. The number of Topliss-reactive ketones (excluding diaryl/α,β-unsaturated/α-hetero) is 1. The number of carboxylic acid groups (broad SMARTS) is 1. The van der Waals surface area contributed by atoms with E-state index in [0.29, 0.717) is 5.69 Å². The summed E-state index contributed by atoms with van der Waals surface area (Å²) in [7, 11) is 0. The maximum absolute atomic E-state index is 11.5. The number of hydrogen-bond acceptors (Lipinski definition) is 4. The van der Waals surface area contributed by atoms with E-state index in [1.807, 2.05) is 0 Å². The van der Waals surface area contributed by atoms with Crippen molar-refractivity contribution in [2.75, 3.05) is 10.6 Å². The van der Waals surface area contributed by atoms with Crippen LogP contribution in [0.25, 0.3) is 0 Å². The minimum atomic E-state index is -1.25. The summed E-state index contributed by atoms with van der Waals surface area (Å²) in [6.45, 7) is 2.56. The minimum Gasteiger partial charge on any atom is -0.478 e. The zero-order valence-electron chi connectivity index (χ0n) is 11.0. The Labute approximate surface area is 115 Å². The Kier molecular flexibility index (Phi) is 4.96. The Morgan fingerprint density at radius 3 is 2.25 bits per heavy atom. The van der Waals surface area contributed by atoms with E-state index in [-0.39, 0.29) is 29.4 Å². The quantitative estimate of drug-likeness (QED) is 0.702. The molecule has 0 atom stereocenters. The maximum Gasteiger partial charge on any atom is 0.337 e. The normalized spacial score (nSPS) is 9.70. The molecule has 0 saturated heterocycles. The first-order valence-corrected chi connectivity index (χ1v) is 5.74. The van der Waals surface area contributed by atoms with Crippen molar-refractivity contribution >= 4 is 34.9 Å². The fourth-order valence-corrected chi connectivity index (χ4v) is 1.53. The van der Waals surface area contributed by atoms with Crippen molar-refractivity contribution in [3.05, 3.63) is 23.8 Å². The van der Waals surface area contributed by atoms with Crippen LogP contribution < -0.4 is 10.6 Å².